The number of imidazole rings is 1. The zero-order chi connectivity index (χ0) is 13.5. The largest absolute Gasteiger partial charge is 0.330 e. The molecule has 4 rings (SSSR count). The molecule has 0 radical (unpaired) electrons. The Balaban J connectivity index is 1.41. The highest BCUT2D eigenvalue weighted by Crippen LogP contribution is 2.48. The van der Waals surface area contributed by atoms with Gasteiger partial charge >= 0.3 is 0 Å². The van der Waals surface area contributed by atoms with E-state index in [0.29, 0.717) is 0 Å². The molecule has 0 unspecified atom stereocenters. The number of benzene rings is 1. The van der Waals surface area contributed by atoms with E-state index < -0.39 is 0 Å². The summed E-state index contributed by atoms with van der Waals surface area (Å²) in [6, 6.07) is 8.37. The second kappa shape index (κ2) is 4.88. The SMILES string of the molecule is Cn1c(CNCC(C2CC2)C2CC2)nc2ccccc21. The van der Waals surface area contributed by atoms with E-state index >= 15 is 0 Å². The van der Waals surface area contributed by atoms with Crippen molar-refractivity contribution in [2.75, 3.05) is 6.54 Å². The van der Waals surface area contributed by atoms with Crippen LogP contribution in [0.15, 0.2) is 24.3 Å². The molecule has 0 amide bonds. The van der Waals surface area contributed by atoms with E-state index in [4.69, 9.17) is 4.98 Å². The van der Waals surface area contributed by atoms with Gasteiger partial charge in [0.2, 0.25) is 0 Å². The van der Waals surface area contributed by atoms with E-state index in [1.165, 1.54) is 37.7 Å². The lowest BCUT2D eigenvalue weighted by atomic mass is 9.98. The Hall–Kier alpha value is -1.35. The second-order valence-electron chi connectivity index (χ2n) is 6.55. The maximum atomic E-state index is 4.73. The van der Waals surface area contributed by atoms with Crippen molar-refractivity contribution >= 4 is 11.0 Å². The molecule has 2 aliphatic rings. The Labute approximate surface area is 120 Å². The van der Waals surface area contributed by atoms with Gasteiger partial charge in [-0.3, -0.25) is 0 Å². The summed E-state index contributed by atoms with van der Waals surface area (Å²) in [4.78, 5) is 4.73. The third-order valence-corrected chi connectivity index (χ3v) is 5.00. The average Bonchev–Trinajstić information content (AvgIpc) is 3.36. The molecule has 0 aliphatic heterocycles. The number of aryl methyl sites for hydroxylation is 1. The first-order valence-electron chi connectivity index (χ1n) is 7.94. The molecule has 0 spiro atoms. The van der Waals surface area contributed by atoms with Gasteiger partial charge in [-0.05, 0) is 62.1 Å². The third kappa shape index (κ3) is 2.35. The first-order chi connectivity index (χ1) is 9.83. The molecule has 1 aromatic carbocycles. The Morgan fingerprint density at radius 2 is 1.90 bits per heavy atom. The van der Waals surface area contributed by atoms with Crippen molar-refractivity contribution in [2.45, 2.75) is 32.2 Å². The lowest BCUT2D eigenvalue weighted by Gasteiger charge is -2.16. The molecule has 20 heavy (non-hydrogen) atoms. The van der Waals surface area contributed by atoms with Gasteiger partial charge in [0.1, 0.15) is 5.82 Å². The van der Waals surface area contributed by atoms with Gasteiger partial charge in [-0.25, -0.2) is 4.98 Å². The quantitative estimate of drug-likeness (QED) is 0.873. The number of hydrogen-bond acceptors (Lipinski definition) is 2. The van der Waals surface area contributed by atoms with Crippen LogP contribution < -0.4 is 5.32 Å². The smallest absolute Gasteiger partial charge is 0.123 e. The normalized spacial score (nSPS) is 19.1. The predicted molar refractivity (Wildman–Crippen MR) is 81.4 cm³/mol. The molecule has 1 N–H and O–H groups in total. The number of hydrogen-bond donors (Lipinski definition) is 1. The lowest BCUT2D eigenvalue weighted by Crippen LogP contribution is -2.26. The van der Waals surface area contributed by atoms with Gasteiger partial charge in [-0.15, -0.1) is 0 Å². The monoisotopic (exact) mass is 269 g/mol. The average molecular weight is 269 g/mol. The highest BCUT2D eigenvalue weighted by atomic mass is 15.1. The standard InChI is InChI=1S/C17H23N3/c1-20-16-5-3-2-4-15(16)19-17(20)11-18-10-14(12-6-7-12)13-8-9-13/h2-5,12-14,18H,6-11H2,1H3. The fraction of sp³-hybridized carbons (Fsp3) is 0.588. The van der Waals surface area contributed by atoms with Crippen molar-refractivity contribution in [1.29, 1.82) is 0 Å². The lowest BCUT2D eigenvalue weighted by molar-refractivity contribution is 0.376. The number of aromatic nitrogens is 2. The summed E-state index contributed by atoms with van der Waals surface area (Å²) in [7, 11) is 2.12. The van der Waals surface area contributed by atoms with Gasteiger partial charge < -0.3 is 9.88 Å². The summed E-state index contributed by atoms with van der Waals surface area (Å²) in [5.74, 6) is 4.13. The van der Waals surface area contributed by atoms with Crippen molar-refractivity contribution in [3.05, 3.63) is 30.1 Å². The van der Waals surface area contributed by atoms with Crippen molar-refractivity contribution in [3.63, 3.8) is 0 Å². The molecule has 1 heterocycles. The van der Waals surface area contributed by atoms with Crippen LogP contribution in [-0.2, 0) is 13.6 Å². The highest BCUT2D eigenvalue weighted by molar-refractivity contribution is 5.75. The predicted octanol–water partition coefficient (Wildman–Crippen LogP) is 3.10. The van der Waals surface area contributed by atoms with Gasteiger partial charge in [0.05, 0.1) is 17.6 Å². The van der Waals surface area contributed by atoms with Crippen LogP contribution in [0.5, 0.6) is 0 Å². The number of fused-ring (bicyclic) bond motifs is 1. The van der Waals surface area contributed by atoms with E-state index in [0.717, 1.165) is 35.6 Å². The minimum atomic E-state index is 0.890. The fourth-order valence-electron chi connectivity index (χ4n) is 3.47. The van der Waals surface area contributed by atoms with E-state index in [2.05, 4.69) is 41.2 Å². The third-order valence-electron chi connectivity index (χ3n) is 5.00. The van der Waals surface area contributed by atoms with Crippen LogP contribution in [-0.4, -0.2) is 16.1 Å². The van der Waals surface area contributed by atoms with Crippen LogP contribution in [0.2, 0.25) is 0 Å². The van der Waals surface area contributed by atoms with Crippen molar-refractivity contribution in [1.82, 2.24) is 14.9 Å². The maximum Gasteiger partial charge on any atom is 0.123 e. The van der Waals surface area contributed by atoms with Crippen LogP contribution >= 0.6 is 0 Å². The van der Waals surface area contributed by atoms with E-state index in [-0.39, 0.29) is 0 Å². The second-order valence-corrected chi connectivity index (χ2v) is 6.55. The van der Waals surface area contributed by atoms with Crippen LogP contribution in [0.3, 0.4) is 0 Å². The molecule has 0 saturated heterocycles. The summed E-state index contributed by atoms with van der Waals surface area (Å²) in [6.07, 6.45) is 5.87. The minimum Gasteiger partial charge on any atom is -0.330 e. The number of rotatable bonds is 6. The fourth-order valence-corrected chi connectivity index (χ4v) is 3.47. The van der Waals surface area contributed by atoms with Crippen LogP contribution in [0.1, 0.15) is 31.5 Å². The molecule has 2 aliphatic carbocycles. The van der Waals surface area contributed by atoms with Crippen LogP contribution in [0.25, 0.3) is 11.0 Å². The van der Waals surface area contributed by atoms with Gasteiger partial charge in [0.25, 0.3) is 0 Å². The highest BCUT2D eigenvalue weighted by Gasteiger charge is 2.40. The first-order valence-corrected chi connectivity index (χ1v) is 7.94. The van der Waals surface area contributed by atoms with E-state index in [1.54, 1.807) is 0 Å². The van der Waals surface area contributed by atoms with Crippen molar-refractivity contribution in [3.8, 4) is 0 Å². The Kier molecular flexibility index (Phi) is 3.03. The van der Waals surface area contributed by atoms with Gasteiger partial charge in [-0.2, -0.15) is 0 Å². The van der Waals surface area contributed by atoms with Gasteiger partial charge in [0, 0.05) is 7.05 Å². The Bertz CT molecular complexity index is 596. The molecular formula is C17H23N3. The molecule has 0 atom stereocenters. The van der Waals surface area contributed by atoms with Crippen LogP contribution in [0, 0.1) is 17.8 Å². The number of nitrogens with one attached hydrogen (secondary N) is 1. The number of nitrogens with zero attached hydrogens (tertiary/aromatic N) is 2. The topological polar surface area (TPSA) is 29.9 Å². The minimum absolute atomic E-state index is 0.890. The Morgan fingerprint density at radius 3 is 2.55 bits per heavy atom. The first kappa shape index (κ1) is 12.4. The maximum absolute atomic E-state index is 4.73. The van der Waals surface area contributed by atoms with Gasteiger partial charge in [-0.1, -0.05) is 12.1 Å². The summed E-state index contributed by atoms with van der Waals surface area (Å²) in [6.45, 7) is 2.07. The molecule has 2 fully saturated rings. The number of para-hydroxylation sites is 2. The molecule has 106 valence electrons. The summed E-state index contributed by atoms with van der Waals surface area (Å²) in [5.41, 5.74) is 2.33. The molecule has 3 heteroatoms. The van der Waals surface area contributed by atoms with E-state index in [1.807, 2.05) is 0 Å². The Morgan fingerprint density at radius 1 is 1.20 bits per heavy atom. The van der Waals surface area contributed by atoms with Crippen molar-refractivity contribution in [2.24, 2.45) is 24.8 Å². The summed E-state index contributed by atoms with van der Waals surface area (Å²) >= 11 is 0. The van der Waals surface area contributed by atoms with Gasteiger partial charge in [0.15, 0.2) is 0 Å². The van der Waals surface area contributed by atoms with Crippen molar-refractivity contribution < 1.29 is 0 Å². The summed E-state index contributed by atoms with van der Waals surface area (Å²) in [5, 5.41) is 3.66. The molecular weight excluding hydrogens is 246 g/mol. The zero-order valence-electron chi connectivity index (χ0n) is 12.2. The molecule has 1 aromatic heterocycles. The zero-order valence-corrected chi connectivity index (χ0v) is 12.2. The molecule has 0 bridgehead atoms. The van der Waals surface area contributed by atoms with Crippen LogP contribution in [0.4, 0.5) is 0 Å². The summed E-state index contributed by atoms with van der Waals surface area (Å²) < 4.78 is 2.21. The van der Waals surface area contributed by atoms with E-state index in [9.17, 15) is 0 Å². The molecule has 2 aromatic rings. The molecule has 2 saturated carbocycles. The molecule has 3 nitrogen and oxygen atoms in total.